The van der Waals surface area contributed by atoms with Gasteiger partial charge in [-0.25, -0.2) is 4.98 Å². The number of nitrogens with zero attached hydrogens (tertiary/aromatic N) is 1. The van der Waals surface area contributed by atoms with Crippen LogP contribution in [0.5, 0.6) is 11.5 Å². The third-order valence-corrected chi connectivity index (χ3v) is 3.66. The lowest BCUT2D eigenvalue weighted by Gasteiger charge is -2.10. The van der Waals surface area contributed by atoms with Gasteiger partial charge in [0.05, 0.1) is 30.3 Å². The molecule has 1 aromatic heterocycles. The monoisotopic (exact) mass is 281 g/mol. The van der Waals surface area contributed by atoms with Gasteiger partial charge in [-0.15, -0.1) is 11.3 Å². The van der Waals surface area contributed by atoms with Gasteiger partial charge < -0.3 is 19.7 Å². The van der Waals surface area contributed by atoms with Gasteiger partial charge in [0, 0.05) is 12.0 Å². The van der Waals surface area contributed by atoms with Crippen molar-refractivity contribution in [1.29, 1.82) is 0 Å². The third-order valence-electron chi connectivity index (χ3n) is 2.75. The van der Waals surface area contributed by atoms with Gasteiger partial charge in [-0.2, -0.15) is 0 Å². The molecule has 102 valence electrons. The molecule has 2 N–H and O–H groups in total. The molecule has 0 saturated carbocycles. The van der Waals surface area contributed by atoms with E-state index in [2.05, 4.69) is 4.98 Å². The fourth-order valence-corrected chi connectivity index (χ4v) is 2.50. The van der Waals surface area contributed by atoms with Gasteiger partial charge in [0.25, 0.3) is 0 Å². The second kappa shape index (κ2) is 6.01. The summed E-state index contributed by atoms with van der Waals surface area (Å²) >= 11 is 1.22. The Morgan fingerprint density at radius 1 is 1.26 bits per heavy atom. The minimum atomic E-state index is -1.50. The maximum absolute atomic E-state index is 9.27. The van der Waals surface area contributed by atoms with Gasteiger partial charge >= 0.3 is 0 Å². The first kappa shape index (κ1) is 13.8. The molecule has 2 aromatic rings. The summed E-state index contributed by atoms with van der Waals surface area (Å²) in [6, 6.07) is 5.48. The summed E-state index contributed by atoms with van der Waals surface area (Å²) in [4.78, 5) is 4.61. The first-order chi connectivity index (χ1) is 9.15. The minimum absolute atomic E-state index is 0.449. The predicted octanol–water partition coefficient (Wildman–Crippen LogP) is 1.73. The minimum Gasteiger partial charge on any atom is -0.497 e. The first-order valence-electron chi connectivity index (χ1n) is 5.65. The van der Waals surface area contributed by atoms with Crippen molar-refractivity contribution in [3.8, 4) is 11.5 Å². The lowest BCUT2D eigenvalue weighted by Crippen LogP contribution is -2.01. The van der Waals surface area contributed by atoms with Crippen LogP contribution in [0, 0.1) is 0 Å². The van der Waals surface area contributed by atoms with Gasteiger partial charge in [0.2, 0.25) is 0 Å². The Labute approximate surface area is 115 Å². The largest absolute Gasteiger partial charge is 0.497 e. The van der Waals surface area contributed by atoms with Crippen LogP contribution in [0.4, 0.5) is 0 Å². The number of thiazole rings is 1. The van der Waals surface area contributed by atoms with Crippen molar-refractivity contribution in [2.24, 2.45) is 0 Å². The fraction of sp³-hybridized carbons (Fsp3) is 0.308. The van der Waals surface area contributed by atoms with E-state index in [1.54, 1.807) is 19.7 Å². The summed E-state index contributed by atoms with van der Waals surface area (Å²) in [5.74, 6) is 1.43. The highest BCUT2D eigenvalue weighted by atomic mass is 32.1. The van der Waals surface area contributed by atoms with E-state index in [-0.39, 0.29) is 0 Å². The molecule has 0 aliphatic carbocycles. The molecule has 5 nitrogen and oxygen atoms in total. The van der Waals surface area contributed by atoms with Crippen molar-refractivity contribution in [2.75, 3.05) is 14.2 Å². The van der Waals surface area contributed by atoms with Crippen LogP contribution in [0.3, 0.4) is 0 Å². The number of methoxy groups -OCH3 is 2. The Balaban J connectivity index is 2.33. The van der Waals surface area contributed by atoms with Crippen molar-refractivity contribution >= 4 is 11.3 Å². The molecule has 0 spiro atoms. The Morgan fingerprint density at radius 2 is 2.05 bits per heavy atom. The van der Waals surface area contributed by atoms with Crippen LogP contribution in [0.25, 0.3) is 0 Å². The van der Waals surface area contributed by atoms with Crippen molar-refractivity contribution in [2.45, 2.75) is 12.7 Å². The van der Waals surface area contributed by atoms with Crippen LogP contribution in [-0.4, -0.2) is 29.4 Å². The number of hydrogen-bond donors (Lipinski definition) is 2. The normalized spacial score (nSPS) is 10.8. The Kier molecular flexibility index (Phi) is 4.36. The van der Waals surface area contributed by atoms with Gasteiger partial charge in [-0.05, 0) is 18.2 Å². The van der Waals surface area contributed by atoms with E-state index < -0.39 is 6.29 Å². The zero-order valence-electron chi connectivity index (χ0n) is 10.7. The molecular formula is C13H15NO4S. The standard InChI is InChI=1S/C13H15NO4S/c1-17-9-3-4-11(18-2)8(5-9)6-10-12(13(15)16)19-7-14-10/h3-5,7,13,15-16H,6H2,1-2H3. The molecule has 2 rings (SSSR count). The lowest BCUT2D eigenvalue weighted by molar-refractivity contribution is -0.0402. The molecule has 1 heterocycles. The highest BCUT2D eigenvalue weighted by Crippen LogP contribution is 2.29. The number of benzene rings is 1. The van der Waals surface area contributed by atoms with E-state index >= 15 is 0 Å². The molecule has 1 aromatic carbocycles. The molecule has 0 unspecified atom stereocenters. The molecule has 19 heavy (non-hydrogen) atoms. The van der Waals surface area contributed by atoms with E-state index in [4.69, 9.17) is 9.47 Å². The number of ether oxygens (including phenoxy) is 2. The van der Waals surface area contributed by atoms with E-state index in [0.717, 1.165) is 11.3 Å². The molecule has 0 amide bonds. The molecule has 0 saturated heterocycles. The number of rotatable bonds is 5. The van der Waals surface area contributed by atoms with Crippen LogP contribution in [0.1, 0.15) is 22.4 Å². The maximum atomic E-state index is 9.27. The molecule has 0 aliphatic rings. The summed E-state index contributed by atoms with van der Waals surface area (Å²) in [7, 11) is 3.19. The smallest absolute Gasteiger partial charge is 0.189 e. The molecule has 0 atom stereocenters. The zero-order valence-corrected chi connectivity index (χ0v) is 11.5. The highest BCUT2D eigenvalue weighted by molar-refractivity contribution is 7.09. The second-order valence-electron chi connectivity index (χ2n) is 3.89. The number of aliphatic hydroxyl groups excluding tert-OH is 1. The van der Waals surface area contributed by atoms with Crippen LogP contribution in [0.15, 0.2) is 23.7 Å². The lowest BCUT2D eigenvalue weighted by atomic mass is 10.1. The van der Waals surface area contributed by atoms with Crippen molar-refractivity contribution in [3.63, 3.8) is 0 Å². The average molecular weight is 281 g/mol. The van der Waals surface area contributed by atoms with Crippen LogP contribution in [-0.2, 0) is 6.42 Å². The SMILES string of the molecule is COc1ccc(OC)c(Cc2ncsc2C(O)O)c1. The second-order valence-corrected chi connectivity index (χ2v) is 4.78. The fourth-order valence-electron chi connectivity index (χ4n) is 1.82. The summed E-state index contributed by atoms with van der Waals surface area (Å²) in [5, 5.41) is 18.5. The molecule has 0 radical (unpaired) electrons. The summed E-state index contributed by atoms with van der Waals surface area (Å²) in [6.45, 7) is 0. The highest BCUT2D eigenvalue weighted by Gasteiger charge is 2.15. The summed E-state index contributed by atoms with van der Waals surface area (Å²) in [6.07, 6.45) is -1.05. The Hall–Kier alpha value is -1.63. The number of aliphatic hydroxyl groups is 2. The van der Waals surface area contributed by atoms with Crippen molar-refractivity contribution in [3.05, 3.63) is 39.8 Å². The van der Waals surface area contributed by atoms with E-state index in [1.807, 2.05) is 18.2 Å². The van der Waals surface area contributed by atoms with Crippen molar-refractivity contribution < 1.29 is 19.7 Å². The predicted molar refractivity (Wildman–Crippen MR) is 71.6 cm³/mol. The van der Waals surface area contributed by atoms with Crippen molar-refractivity contribution in [1.82, 2.24) is 4.98 Å². The topological polar surface area (TPSA) is 71.8 Å². The van der Waals surface area contributed by atoms with Crippen LogP contribution >= 0.6 is 11.3 Å². The molecule has 6 heteroatoms. The van der Waals surface area contributed by atoms with Gasteiger partial charge in [0.15, 0.2) is 6.29 Å². The zero-order chi connectivity index (χ0) is 13.8. The molecule has 0 fully saturated rings. The molecular weight excluding hydrogens is 266 g/mol. The summed E-state index contributed by atoms with van der Waals surface area (Å²) in [5.41, 5.74) is 3.11. The Morgan fingerprint density at radius 3 is 2.68 bits per heavy atom. The first-order valence-corrected chi connectivity index (χ1v) is 6.53. The molecule has 0 bridgehead atoms. The third kappa shape index (κ3) is 3.04. The summed E-state index contributed by atoms with van der Waals surface area (Å²) < 4.78 is 10.5. The van der Waals surface area contributed by atoms with Crippen LogP contribution in [0.2, 0.25) is 0 Å². The average Bonchev–Trinajstić information content (AvgIpc) is 2.87. The number of hydrogen-bond acceptors (Lipinski definition) is 6. The molecule has 0 aliphatic heterocycles. The van der Waals surface area contributed by atoms with Crippen LogP contribution < -0.4 is 9.47 Å². The quantitative estimate of drug-likeness (QED) is 0.817. The van der Waals surface area contributed by atoms with E-state index in [1.165, 1.54) is 11.3 Å². The Bertz CT molecular complexity index is 553. The number of aromatic nitrogens is 1. The van der Waals surface area contributed by atoms with E-state index in [9.17, 15) is 10.2 Å². The van der Waals surface area contributed by atoms with Gasteiger partial charge in [-0.1, -0.05) is 0 Å². The maximum Gasteiger partial charge on any atom is 0.189 e. The van der Waals surface area contributed by atoms with Gasteiger partial charge in [-0.3, -0.25) is 0 Å². The van der Waals surface area contributed by atoms with E-state index in [0.29, 0.717) is 22.7 Å². The van der Waals surface area contributed by atoms with Gasteiger partial charge in [0.1, 0.15) is 11.5 Å².